The third kappa shape index (κ3) is 3.03. The van der Waals surface area contributed by atoms with E-state index in [1.165, 1.54) is 14.0 Å². The van der Waals surface area contributed by atoms with Gasteiger partial charge in [-0.3, -0.25) is 4.79 Å². The largest absolute Gasteiger partial charge is 0.419 e. The van der Waals surface area contributed by atoms with Gasteiger partial charge >= 0.3 is 6.18 Å². The molecule has 0 aliphatic carbocycles. The second kappa shape index (κ2) is 4.83. The minimum absolute atomic E-state index is 0.166. The number of carbonyl (C=O) groups is 1. The summed E-state index contributed by atoms with van der Waals surface area (Å²) in [7, 11) is 1.51. The third-order valence-corrected chi connectivity index (χ3v) is 2.38. The summed E-state index contributed by atoms with van der Waals surface area (Å²) < 4.78 is 50.2. The lowest BCUT2D eigenvalue weighted by Gasteiger charge is -2.12. The molecule has 0 spiro atoms. The van der Waals surface area contributed by atoms with Crippen LogP contribution in [0, 0.1) is 5.82 Å². The Kier molecular flexibility index (Phi) is 3.87. The topological polar surface area (TPSA) is 29.1 Å². The van der Waals surface area contributed by atoms with E-state index in [9.17, 15) is 22.4 Å². The molecule has 0 bridgehead atoms. The number of alkyl halides is 3. The Morgan fingerprint density at radius 3 is 2.41 bits per heavy atom. The first-order valence-electron chi connectivity index (χ1n) is 4.85. The van der Waals surface area contributed by atoms with Crippen LogP contribution in [0.25, 0.3) is 0 Å². The van der Waals surface area contributed by atoms with Gasteiger partial charge in [-0.2, -0.15) is 13.2 Å². The van der Waals surface area contributed by atoms with Crippen LogP contribution >= 0.6 is 0 Å². The van der Waals surface area contributed by atoms with Crippen molar-refractivity contribution in [2.45, 2.75) is 19.1 Å². The maximum absolute atomic E-state index is 13.0. The quantitative estimate of drug-likeness (QED) is 0.659. The van der Waals surface area contributed by atoms with E-state index in [4.69, 9.17) is 0 Å². The number of carbonyl (C=O) groups excluding carboxylic acids is 1. The van der Waals surface area contributed by atoms with Gasteiger partial charge in [0.15, 0.2) is 5.78 Å². The lowest BCUT2D eigenvalue weighted by molar-refractivity contribution is -0.140. The minimum atomic E-state index is -4.80. The van der Waals surface area contributed by atoms with Crippen LogP contribution in [0.2, 0.25) is 0 Å². The van der Waals surface area contributed by atoms with Crippen LogP contribution in [0.3, 0.4) is 0 Å². The zero-order valence-corrected chi connectivity index (χ0v) is 9.23. The van der Waals surface area contributed by atoms with Crippen LogP contribution < -0.4 is 5.32 Å². The third-order valence-electron chi connectivity index (χ3n) is 2.38. The monoisotopic (exact) mass is 249 g/mol. The molecule has 1 rings (SSSR count). The summed E-state index contributed by atoms with van der Waals surface area (Å²) in [6.07, 6.45) is -4.80. The molecule has 0 amide bonds. The van der Waals surface area contributed by atoms with Crippen molar-refractivity contribution in [1.29, 1.82) is 0 Å². The van der Waals surface area contributed by atoms with E-state index in [0.717, 1.165) is 6.07 Å². The van der Waals surface area contributed by atoms with Crippen LogP contribution in [0.4, 0.5) is 17.6 Å². The predicted octanol–water partition coefficient (Wildman–Crippen LogP) is 2.64. The highest BCUT2D eigenvalue weighted by Crippen LogP contribution is 2.32. The molecule has 0 radical (unpaired) electrons. The van der Waals surface area contributed by atoms with Crippen molar-refractivity contribution in [3.8, 4) is 0 Å². The van der Waals surface area contributed by atoms with Gasteiger partial charge in [0.05, 0.1) is 11.6 Å². The Labute approximate surface area is 95.6 Å². The lowest BCUT2D eigenvalue weighted by atomic mass is 10.0. The molecular formula is C11H11F4NO. The lowest BCUT2D eigenvalue weighted by Crippen LogP contribution is -2.31. The highest BCUT2D eigenvalue weighted by atomic mass is 19.4. The van der Waals surface area contributed by atoms with E-state index in [2.05, 4.69) is 5.32 Å². The Morgan fingerprint density at radius 2 is 1.94 bits per heavy atom. The van der Waals surface area contributed by atoms with Crippen molar-refractivity contribution >= 4 is 5.78 Å². The smallest absolute Gasteiger partial charge is 0.310 e. The summed E-state index contributed by atoms with van der Waals surface area (Å²) in [5, 5.41) is 2.61. The molecule has 6 heteroatoms. The predicted molar refractivity (Wildman–Crippen MR) is 54.3 cm³/mol. The van der Waals surface area contributed by atoms with Crippen molar-refractivity contribution in [2.75, 3.05) is 7.05 Å². The number of rotatable bonds is 3. The molecule has 0 aliphatic rings. The molecule has 2 nitrogen and oxygen atoms in total. The Hall–Kier alpha value is -1.43. The minimum Gasteiger partial charge on any atom is -0.310 e. The molecule has 0 saturated carbocycles. The van der Waals surface area contributed by atoms with E-state index < -0.39 is 29.4 Å². The van der Waals surface area contributed by atoms with Gasteiger partial charge in [-0.15, -0.1) is 0 Å². The van der Waals surface area contributed by atoms with Crippen molar-refractivity contribution in [1.82, 2.24) is 5.32 Å². The maximum atomic E-state index is 13.0. The fourth-order valence-electron chi connectivity index (χ4n) is 1.28. The molecule has 0 saturated heterocycles. The van der Waals surface area contributed by atoms with E-state index in [-0.39, 0.29) is 5.56 Å². The van der Waals surface area contributed by atoms with Crippen molar-refractivity contribution in [2.24, 2.45) is 0 Å². The fourth-order valence-corrected chi connectivity index (χ4v) is 1.28. The first-order chi connectivity index (χ1) is 7.77. The number of halogens is 4. The number of ketones is 1. The van der Waals surface area contributed by atoms with Gasteiger partial charge in [-0.1, -0.05) is 0 Å². The van der Waals surface area contributed by atoms with Gasteiger partial charge < -0.3 is 5.32 Å². The molecule has 0 aromatic heterocycles. The van der Waals surface area contributed by atoms with Gasteiger partial charge in [-0.25, -0.2) is 4.39 Å². The molecular weight excluding hydrogens is 238 g/mol. The first-order valence-corrected chi connectivity index (χ1v) is 4.85. The van der Waals surface area contributed by atoms with Crippen LogP contribution in [-0.4, -0.2) is 18.9 Å². The van der Waals surface area contributed by atoms with Gasteiger partial charge in [0, 0.05) is 5.56 Å². The van der Waals surface area contributed by atoms with Gasteiger partial charge in [0.2, 0.25) is 0 Å². The molecule has 0 aliphatic heterocycles. The standard InChI is InChI=1S/C11H11F4NO/c1-6(16-2)10(17)7-3-4-9(12)8(5-7)11(13,14)15/h3-6,16H,1-2H3. The van der Waals surface area contributed by atoms with Crippen molar-refractivity contribution in [3.63, 3.8) is 0 Å². The van der Waals surface area contributed by atoms with Crippen LogP contribution in [0.5, 0.6) is 0 Å². The number of benzene rings is 1. The summed E-state index contributed by atoms with van der Waals surface area (Å²) >= 11 is 0. The summed E-state index contributed by atoms with van der Waals surface area (Å²) in [5.74, 6) is -1.90. The number of Topliss-reactive ketones (excluding diaryl/α,β-unsaturated/α-hetero) is 1. The second-order valence-corrected chi connectivity index (χ2v) is 3.57. The van der Waals surface area contributed by atoms with Gasteiger partial charge in [-0.05, 0) is 32.2 Å². The molecule has 1 unspecified atom stereocenters. The highest BCUT2D eigenvalue weighted by Gasteiger charge is 2.34. The maximum Gasteiger partial charge on any atom is 0.419 e. The first kappa shape index (κ1) is 13.6. The summed E-state index contributed by atoms with van der Waals surface area (Å²) in [6.45, 7) is 1.51. The fraction of sp³-hybridized carbons (Fsp3) is 0.364. The molecule has 94 valence electrons. The second-order valence-electron chi connectivity index (χ2n) is 3.57. The number of hydrogen-bond acceptors (Lipinski definition) is 2. The van der Waals surface area contributed by atoms with E-state index in [1.807, 2.05) is 0 Å². The number of hydrogen-bond donors (Lipinski definition) is 1. The number of likely N-dealkylation sites (N-methyl/N-ethyl adjacent to an activating group) is 1. The average molecular weight is 249 g/mol. The van der Waals surface area contributed by atoms with Crippen LogP contribution in [-0.2, 0) is 6.18 Å². The zero-order valence-electron chi connectivity index (χ0n) is 9.23. The Morgan fingerprint density at radius 1 is 1.35 bits per heavy atom. The van der Waals surface area contributed by atoms with E-state index in [1.54, 1.807) is 0 Å². The molecule has 1 aromatic carbocycles. The van der Waals surface area contributed by atoms with E-state index >= 15 is 0 Å². The SMILES string of the molecule is CNC(C)C(=O)c1ccc(F)c(C(F)(F)F)c1. The molecule has 1 atom stereocenters. The molecule has 0 heterocycles. The normalized spacial score (nSPS) is 13.5. The average Bonchev–Trinajstić information content (AvgIpc) is 2.26. The highest BCUT2D eigenvalue weighted by molar-refractivity contribution is 6.00. The van der Waals surface area contributed by atoms with Gasteiger partial charge in [0.1, 0.15) is 5.82 Å². The van der Waals surface area contributed by atoms with Crippen molar-refractivity contribution < 1.29 is 22.4 Å². The molecule has 0 fully saturated rings. The van der Waals surface area contributed by atoms with Gasteiger partial charge in [0.25, 0.3) is 0 Å². The molecule has 1 N–H and O–H groups in total. The van der Waals surface area contributed by atoms with Crippen LogP contribution in [0.15, 0.2) is 18.2 Å². The summed E-state index contributed by atoms with van der Waals surface area (Å²) in [4.78, 5) is 11.6. The number of nitrogens with one attached hydrogen (secondary N) is 1. The molecule has 1 aromatic rings. The summed E-state index contributed by atoms with van der Waals surface area (Å²) in [5.41, 5.74) is -1.59. The van der Waals surface area contributed by atoms with Crippen LogP contribution in [0.1, 0.15) is 22.8 Å². The summed E-state index contributed by atoms with van der Waals surface area (Å²) in [6, 6.07) is 1.60. The Bertz CT molecular complexity index is 428. The van der Waals surface area contributed by atoms with Crippen molar-refractivity contribution in [3.05, 3.63) is 35.1 Å². The Balaban J connectivity index is 3.18. The zero-order chi connectivity index (χ0) is 13.2. The van der Waals surface area contributed by atoms with E-state index in [0.29, 0.717) is 12.1 Å². The molecule has 17 heavy (non-hydrogen) atoms.